The lowest BCUT2D eigenvalue weighted by atomic mass is 10.3. The molecule has 8 heteroatoms. The third kappa shape index (κ3) is 3.40. The summed E-state index contributed by atoms with van der Waals surface area (Å²) in [6.07, 6.45) is 1.43. The number of aromatic nitrogens is 4. The zero-order chi connectivity index (χ0) is 17.1. The van der Waals surface area contributed by atoms with E-state index in [-0.39, 0.29) is 11.7 Å². The normalized spacial score (nSPS) is 10.9. The predicted molar refractivity (Wildman–Crippen MR) is 100 cm³/mol. The lowest BCUT2D eigenvalue weighted by molar-refractivity contribution is -0.115. The molecule has 25 heavy (non-hydrogen) atoms. The molecule has 0 unspecified atom stereocenters. The molecule has 0 aliphatic rings. The Hall–Kier alpha value is -2.71. The molecule has 0 bridgehead atoms. The Bertz CT molecular complexity index is 952. The highest BCUT2D eigenvalue weighted by Crippen LogP contribution is 2.34. The van der Waals surface area contributed by atoms with Crippen LogP contribution in [-0.4, -0.2) is 31.8 Å². The Kier molecular flexibility index (Phi) is 4.45. The Balaban J connectivity index is 1.67. The van der Waals surface area contributed by atoms with Crippen molar-refractivity contribution in [1.82, 2.24) is 20.2 Å². The van der Waals surface area contributed by atoms with Crippen molar-refractivity contribution < 1.29 is 4.79 Å². The number of nitrogens with zero attached hydrogens (tertiary/aromatic N) is 4. The summed E-state index contributed by atoms with van der Waals surface area (Å²) in [6, 6.07) is 17.4. The number of para-hydroxylation sites is 2. The van der Waals surface area contributed by atoms with Gasteiger partial charge in [0.25, 0.3) is 0 Å². The molecule has 0 aliphatic heterocycles. The van der Waals surface area contributed by atoms with Gasteiger partial charge in [-0.25, -0.2) is 9.97 Å². The van der Waals surface area contributed by atoms with Crippen molar-refractivity contribution in [1.29, 1.82) is 0 Å². The molecular formula is C17H13N5OS2. The van der Waals surface area contributed by atoms with Crippen LogP contribution in [0.5, 0.6) is 0 Å². The number of anilines is 2. The van der Waals surface area contributed by atoms with Crippen molar-refractivity contribution >= 4 is 50.0 Å². The average Bonchev–Trinajstić information content (AvgIpc) is 3.30. The number of carbonyl (C=O) groups excluding carboxylic acids is 1. The molecule has 0 spiro atoms. The fraction of sp³-hybridized carbons (Fsp3) is 0.0588. The number of fused-ring (bicyclic) bond motifs is 1. The minimum atomic E-state index is -0.0633. The second-order valence-electron chi connectivity index (χ2n) is 5.11. The van der Waals surface area contributed by atoms with Crippen molar-refractivity contribution in [2.75, 3.05) is 10.7 Å². The van der Waals surface area contributed by atoms with Gasteiger partial charge in [-0.2, -0.15) is 5.10 Å². The number of hydrogen-bond donors (Lipinski definition) is 1. The summed E-state index contributed by atoms with van der Waals surface area (Å²) < 4.78 is 1.05. The van der Waals surface area contributed by atoms with E-state index in [1.807, 2.05) is 54.6 Å². The molecule has 1 amide bonds. The molecule has 0 atom stereocenters. The second-order valence-corrected chi connectivity index (χ2v) is 7.08. The van der Waals surface area contributed by atoms with Gasteiger partial charge in [0.05, 0.1) is 21.7 Å². The maximum Gasteiger partial charge on any atom is 0.243 e. The highest BCUT2D eigenvalue weighted by molar-refractivity contribution is 7.99. The van der Waals surface area contributed by atoms with Gasteiger partial charge in [-0.15, -0.1) is 0 Å². The molecule has 124 valence electrons. The average molecular weight is 367 g/mol. The SMILES string of the molecule is O=C(CSc1ncn[nH]1)N(c1ccccc1)c1nc2ccccc2s1. The summed E-state index contributed by atoms with van der Waals surface area (Å²) in [4.78, 5) is 23.3. The summed E-state index contributed by atoms with van der Waals surface area (Å²) >= 11 is 2.82. The van der Waals surface area contributed by atoms with Gasteiger partial charge in [0.2, 0.25) is 5.91 Å². The van der Waals surface area contributed by atoms with Gasteiger partial charge in [0.15, 0.2) is 10.3 Å². The molecule has 4 aromatic rings. The van der Waals surface area contributed by atoms with Gasteiger partial charge in [-0.05, 0) is 24.3 Å². The molecule has 0 saturated heterocycles. The van der Waals surface area contributed by atoms with Gasteiger partial charge in [0, 0.05) is 0 Å². The van der Waals surface area contributed by atoms with Gasteiger partial charge in [-0.3, -0.25) is 14.8 Å². The first-order valence-corrected chi connectivity index (χ1v) is 9.33. The first kappa shape index (κ1) is 15.8. The van der Waals surface area contributed by atoms with Crippen LogP contribution in [-0.2, 0) is 4.79 Å². The van der Waals surface area contributed by atoms with E-state index in [1.165, 1.54) is 29.4 Å². The van der Waals surface area contributed by atoms with E-state index in [0.717, 1.165) is 15.9 Å². The van der Waals surface area contributed by atoms with Crippen LogP contribution in [0.3, 0.4) is 0 Å². The van der Waals surface area contributed by atoms with E-state index in [1.54, 1.807) is 4.90 Å². The van der Waals surface area contributed by atoms with Gasteiger partial charge < -0.3 is 0 Å². The van der Waals surface area contributed by atoms with Crippen molar-refractivity contribution in [2.45, 2.75) is 5.16 Å². The number of thiazole rings is 1. The quantitative estimate of drug-likeness (QED) is 0.542. The number of rotatable bonds is 5. The maximum atomic E-state index is 12.9. The minimum Gasteiger partial charge on any atom is -0.273 e. The number of amides is 1. The predicted octanol–water partition coefficient (Wildman–Crippen LogP) is 3.87. The zero-order valence-electron chi connectivity index (χ0n) is 13.0. The van der Waals surface area contributed by atoms with Crippen molar-refractivity contribution in [2.24, 2.45) is 0 Å². The van der Waals surface area contributed by atoms with Crippen LogP contribution in [0.1, 0.15) is 0 Å². The van der Waals surface area contributed by atoms with Crippen LogP contribution >= 0.6 is 23.1 Å². The van der Waals surface area contributed by atoms with Crippen LogP contribution in [0.15, 0.2) is 66.1 Å². The number of aromatic amines is 1. The van der Waals surface area contributed by atoms with E-state index in [2.05, 4.69) is 20.2 Å². The van der Waals surface area contributed by atoms with Crippen LogP contribution < -0.4 is 4.90 Å². The Morgan fingerprint density at radius 2 is 1.92 bits per heavy atom. The third-order valence-electron chi connectivity index (χ3n) is 3.46. The minimum absolute atomic E-state index is 0.0633. The molecular weight excluding hydrogens is 354 g/mol. The first-order chi connectivity index (χ1) is 12.3. The van der Waals surface area contributed by atoms with E-state index in [0.29, 0.717) is 10.3 Å². The van der Waals surface area contributed by atoms with Crippen molar-refractivity contribution in [3.8, 4) is 0 Å². The summed E-state index contributed by atoms with van der Waals surface area (Å²) in [7, 11) is 0. The molecule has 2 heterocycles. The standard InChI is InChI=1S/C17H13N5OS2/c23-15(10-24-16-18-11-19-21-16)22(12-6-2-1-3-7-12)17-20-13-8-4-5-9-14(13)25-17/h1-9,11H,10H2,(H,18,19,21). The topological polar surface area (TPSA) is 74.8 Å². The lowest BCUT2D eigenvalue weighted by Gasteiger charge is -2.19. The van der Waals surface area contributed by atoms with E-state index < -0.39 is 0 Å². The summed E-state index contributed by atoms with van der Waals surface area (Å²) in [5.74, 6) is 0.173. The van der Waals surface area contributed by atoms with Gasteiger partial charge in [0.1, 0.15) is 6.33 Å². The third-order valence-corrected chi connectivity index (χ3v) is 5.35. The molecule has 0 aliphatic carbocycles. The largest absolute Gasteiger partial charge is 0.273 e. The summed E-state index contributed by atoms with van der Waals surface area (Å²) in [5.41, 5.74) is 1.68. The van der Waals surface area contributed by atoms with Crippen molar-refractivity contribution in [3.63, 3.8) is 0 Å². The second kappa shape index (κ2) is 7.04. The van der Waals surface area contributed by atoms with Gasteiger partial charge >= 0.3 is 0 Å². The lowest BCUT2D eigenvalue weighted by Crippen LogP contribution is -2.27. The summed E-state index contributed by atoms with van der Waals surface area (Å²) in [6.45, 7) is 0. The van der Waals surface area contributed by atoms with E-state index in [4.69, 9.17) is 0 Å². The molecule has 0 fully saturated rings. The van der Waals surface area contributed by atoms with E-state index in [9.17, 15) is 4.79 Å². The number of nitrogens with one attached hydrogen (secondary N) is 1. The highest BCUT2D eigenvalue weighted by Gasteiger charge is 2.22. The highest BCUT2D eigenvalue weighted by atomic mass is 32.2. The molecule has 0 radical (unpaired) electrons. The number of H-pyrrole nitrogens is 1. The molecule has 2 aromatic heterocycles. The summed E-state index contributed by atoms with van der Waals surface area (Å²) in [5, 5.41) is 7.83. The fourth-order valence-corrected chi connectivity index (χ4v) is 3.98. The monoisotopic (exact) mass is 367 g/mol. The van der Waals surface area contributed by atoms with E-state index >= 15 is 0 Å². The Labute approximate surface area is 151 Å². The number of thioether (sulfide) groups is 1. The molecule has 1 N–H and O–H groups in total. The van der Waals surface area contributed by atoms with Crippen molar-refractivity contribution in [3.05, 3.63) is 60.9 Å². The number of hydrogen-bond acceptors (Lipinski definition) is 6. The molecule has 2 aromatic carbocycles. The molecule has 4 rings (SSSR count). The van der Waals surface area contributed by atoms with Crippen LogP contribution in [0, 0.1) is 0 Å². The maximum absolute atomic E-state index is 12.9. The smallest absolute Gasteiger partial charge is 0.243 e. The van der Waals surface area contributed by atoms with Crippen LogP contribution in [0.4, 0.5) is 10.8 Å². The molecule has 0 saturated carbocycles. The zero-order valence-corrected chi connectivity index (χ0v) is 14.6. The fourth-order valence-electron chi connectivity index (χ4n) is 2.35. The number of benzene rings is 2. The Morgan fingerprint density at radius 3 is 2.68 bits per heavy atom. The first-order valence-electron chi connectivity index (χ1n) is 7.53. The van der Waals surface area contributed by atoms with Gasteiger partial charge in [-0.1, -0.05) is 53.4 Å². The Morgan fingerprint density at radius 1 is 1.12 bits per heavy atom. The number of carbonyl (C=O) groups is 1. The van der Waals surface area contributed by atoms with Crippen LogP contribution in [0.25, 0.3) is 10.2 Å². The molecule has 6 nitrogen and oxygen atoms in total. The van der Waals surface area contributed by atoms with Crippen LogP contribution in [0.2, 0.25) is 0 Å².